The zero-order valence-electron chi connectivity index (χ0n) is 7.77. The number of anilines is 1. The Bertz CT molecular complexity index is 399. The molecule has 0 atom stereocenters. The van der Waals surface area contributed by atoms with Gasteiger partial charge in [0.25, 0.3) is 0 Å². The van der Waals surface area contributed by atoms with Gasteiger partial charge < -0.3 is 9.84 Å². The summed E-state index contributed by atoms with van der Waals surface area (Å²) >= 11 is 0. The molecule has 14 heavy (non-hydrogen) atoms. The summed E-state index contributed by atoms with van der Waals surface area (Å²) in [5.41, 5.74) is 0.931. The van der Waals surface area contributed by atoms with Crippen LogP contribution in [0.4, 0.5) is 5.82 Å². The van der Waals surface area contributed by atoms with Crippen LogP contribution in [0.25, 0.3) is 0 Å². The molecular formula is C9H10N4O. The van der Waals surface area contributed by atoms with E-state index in [2.05, 4.69) is 20.4 Å². The van der Waals surface area contributed by atoms with E-state index in [1.807, 2.05) is 13.0 Å². The Morgan fingerprint density at radius 3 is 3.07 bits per heavy atom. The lowest BCUT2D eigenvalue weighted by molar-refractivity contribution is 0.388. The number of nitrogens with one attached hydrogen (secondary N) is 1. The number of rotatable bonds is 3. The van der Waals surface area contributed by atoms with Crippen LogP contribution in [0.1, 0.15) is 11.5 Å². The molecule has 2 aromatic heterocycles. The highest BCUT2D eigenvalue weighted by Gasteiger charge is 1.98. The number of hydrogen-bond donors (Lipinski definition) is 1. The first kappa shape index (κ1) is 8.68. The van der Waals surface area contributed by atoms with Crippen molar-refractivity contribution in [2.45, 2.75) is 13.5 Å². The van der Waals surface area contributed by atoms with Gasteiger partial charge in [0.2, 0.25) is 0 Å². The van der Waals surface area contributed by atoms with Gasteiger partial charge in [-0.25, -0.2) is 9.97 Å². The molecule has 0 bridgehead atoms. The van der Waals surface area contributed by atoms with Gasteiger partial charge in [-0.15, -0.1) is 0 Å². The first-order valence-electron chi connectivity index (χ1n) is 4.26. The topological polar surface area (TPSA) is 63.8 Å². The Kier molecular flexibility index (Phi) is 2.40. The zero-order valence-corrected chi connectivity index (χ0v) is 7.77. The van der Waals surface area contributed by atoms with E-state index in [1.54, 1.807) is 12.3 Å². The molecule has 72 valence electrons. The Balaban J connectivity index is 1.98. The molecule has 0 unspecified atom stereocenters. The van der Waals surface area contributed by atoms with Gasteiger partial charge in [-0.1, -0.05) is 5.16 Å². The van der Waals surface area contributed by atoms with Crippen molar-refractivity contribution in [3.8, 4) is 0 Å². The van der Waals surface area contributed by atoms with E-state index in [1.165, 1.54) is 6.33 Å². The molecule has 0 aliphatic heterocycles. The van der Waals surface area contributed by atoms with Gasteiger partial charge in [-0.05, 0) is 6.92 Å². The van der Waals surface area contributed by atoms with Crippen LogP contribution in [0.15, 0.2) is 29.2 Å². The van der Waals surface area contributed by atoms with Crippen LogP contribution in [0.2, 0.25) is 0 Å². The number of aromatic nitrogens is 3. The molecule has 1 N–H and O–H groups in total. The Labute approximate surface area is 81.2 Å². The molecule has 2 rings (SSSR count). The lowest BCUT2D eigenvalue weighted by atomic mass is 10.4. The minimum Gasteiger partial charge on any atom is -0.363 e. The van der Waals surface area contributed by atoms with Crippen molar-refractivity contribution in [1.82, 2.24) is 15.1 Å². The lowest BCUT2D eigenvalue weighted by Gasteiger charge is -2.02. The standard InChI is InChI=1S/C9H10N4O/c1-7-4-9(12-6-11-7)10-5-8-2-3-13-14-8/h2-4,6H,5H2,1H3,(H,10,11,12). The lowest BCUT2D eigenvalue weighted by Crippen LogP contribution is -2.01. The summed E-state index contributed by atoms with van der Waals surface area (Å²) in [5.74, 6) is 1.56. The van der Waals surface area contributed by atoms with Crippen LogP contribution < -0.4 is 5.32 Å². The summed E-state index contributed by atoms with van der Waals surface area (Å²) in [6.45, 7) is 2.50. The molecule has 0 fully saturated rings. The minimum absolute atomic E-state index is 0.580. The van der Waals surface area contributed by atoms with Crippen LogP contribution in [-0.2, 0) is 6.54 Å². The number of nitrogens with zero attached hydrogens (tertiary/aromatic N) is 3. The van der Waals surface area contributed by atoms with E-state index in [9.17, 15) is 0 Å². The van der Waals surface area contributed by atoms with Crippen molar-refractivity contribution >= 4 is 5.82 Å². The van der Waals surface area contributed by atoms with Crippen molar-refractivity contribution in [2.24, 2.45) is 0 Å². The third kappa shape index (κ3) is 2.07. The predicted molar refractivity (Wildman–Crippen MR) is 50.6 cm³/mol. The summed E-state index contributed by atoms with van der Waals surface area (Å²) in [6.07, 6.45) is 3.14. The van der Waals surface area contributed by atoms with Gasteiger partial charge in [-0.2, -0.15) is 0 Å². The van der Waals surface area contributed by atoms with Crippen LogP contribution in [-0.4, -0.2) is 15.1 Å². The first-order chi connectivity index (χ1) is 6.84. The molecule has 2 aromatic rings. The largest absolute Gasteiger partial charge is 0.363 e. The molecule has 0 aliphatic rings. The molecule has 0 saturated heterocycles. The quantitative estimate of drug-likeness (QED) is 0.792. The van der Waals surface area contributed by atoms with Crippen LogP contribution >= 0.6 is 0 Å². The van der Waals surface area contributed by atoms with Crippen molar-refractivity contribution in [1.29, 1.82) is 0 Å². The van der Waals surface area contributed by atoms with Gasteiger partial charge in [0.1, 0.15) is 12.1 Å². The normalized spacial score (nSPS) is 10.1. The molecule has 5 nitrogen and oxygen atoms in total. The fraction of sp³-hybridized carbons (Fsp3) is 0.222. The monoisotopic (exact) mass is 190 g/mol. The highest BCUT2D eigenvalue weighted by molar-refractivity contribution is 5.34. The molecule has 0 aliphatic carbocycles. The summed E-state index contributed by atoms with van der Waals surface area (Å²) in [5, 5.41) is 6.71. The Hall–Kier alpha value is -1.91. The summed E-state index contributed by atoms with van der Waals surface area (Å²) in [4.78, 5) is 8.05. The molecule has 0 saturated carbocycles. The van der Waals surface area contributed by atoms with Gasteiger partial charge in [0, 0.05) is 17.8 Å². The van der Waals surface area contributed by atoms with Gasteiger partial charge in [0.15, 0.2) is 5.76 Å². The van der Waals surface area contributed by atoms with E-state index < -0.39 is 0 Å². The van der Waals surface area contributed by atoms with Gasteiger partial charge in [-0.3, -0.25) is 0 Å². The minimum atomic E-state index is 0.580. The molecule has 0 radical (unpaired) electrons. The third-order valence-corrected chi connectivity index (χ3v) is 1.74. The van der Waals surface area contributed by atoms with Crippen molar-refractivity contribution in [3.05, 3.63) is 36.1 Å². The second-order valence-electron chi connectivity index (χ2n) is 2.88. The second-order valence-corrected chi connectivity index (χ2v) is 2.88. The summed E-state index contributed by atoms with van der Waals surface area (Å²) < 4.78 is 4.93. The van der Waals surface area contributed by atoms with Crippen molar-refractivity contribution in [3.63, 3.8) is 0 Å². The molecule has 0 spiro atoms. The first-order valence-corrected chi connectivity index (χ1v) is 4.26. The van der Waals surface area contributed by atoms with Crippen molar-refractivity contribution in [2.75, 3.05) is 5.32 Å². The van der Waals surface area contributed by atoms with Gasteiger partial charge >= 0.3 is 0 Å². The van der Waals surface area contributed by atoms with E-state index in [0.29, 0.717) is 6.54 Å². The fourth-order valence-electron chi connectivity index (χ4n) is 1.06. The molecule has 5 heteroatoms. The van der Waals surface area contributed by atoms with Crippen LogP contribution in [0.3, 0.4) is 0 Å². The summed E-state index contributed by atoms with van der Waals surface area (Å²) in [7, 11) is 0. The maximum Gasteiger partial charge on any atom is 0.155 e. The summed E-state index contributed by atoms with van der Waals surface area (Å²) in [6, 6.07) is 3.68. The van der Waals surface area contributed by atoms with Gasteiger partial charge in [0.05, 0.1) is 12.7 Å². The van der Waals surface area contributed by atoms with Crippen LogP contribution in [0.5, 0.6) is 0 Å². The maximum atomic E-state index is 4.93. The Morgan fingerprint density at radius 2 is 2.36 bits per heavy atom. The zero-order chi connectivity index (χ0) is 9.80. The van der Waals surface area contributed by atoms with Crippen molar-refractivity contribution < 1.29 is 4.52 Å². The van der Waals surface area contributed by atoms with E-state index in [0.717, 1.165) is 17.3 Å². The third-order valence-electron chi connectivity index (χ3n) is 1.74. The maximum absolute atomic E-state index is 4.93. The van der Waals surface area contributed by atoms with E-state index >= 15 is 0 Å². The highest BCUT2D eigenvalue weighted by Crippen LogP contribution is 2.05. The number of hydrogen-bond acceptors (Lipinski definition) is 5. The smallest absolute Gasteiger partial charge is 0.155 e. The molecule has 0 amide bonds. The second kappa shape index (κ2) is 3.87. The Morgan fingerprint density at radius 1 is 1.43 bits per heavy atom. The fourth-order valence-corrected chi connectivity index (χ4v) is 1.06. The number of aryl methyl sites for hydroxylation is 1. The van der Waals surface area contributed by atoms with E-state index in [-0.39, 0.29) is 0 Å². The predicted octanol–water partition coefficient (Wildman–Crippen LogP) is 1.39. The SMILES string of the molecule is Cc1cc(NCc2ccno2)ncn1. The highest BCUT2D eigenvalue weighted by atomic mass is 16.5. The van der Waals surface area contributed by atoms with Crippen LogP contribution in [0, 0.1) is 6.92 Å². The van der Waals surface area contributed by atoms with E-state index in [4.69, 9.17) is 4.52 Å². The molecule has 0 aromatic carbocycles. The molecular weight excluding hydrogens is 180 g/mol. The average molecular weight is 190 g/mol. The average Bonchev–Trinajstić information content (AvgIpc) is 2.67. The molecule has 2 heterocycles.